The summed E-state index contributed by atoms with van der Waals surface area (Å²) < 4.78 is 5.87. The first-order chi connectivity index (χ1) is 7.11. The molecule has 15 heavy (non-hydrogen) atoms. The van der Waals surface area contributed by atoms with Crippen molar-refractivity contribution in [3.8, 4) is 5.75 Å². The summed E-state index contributed by atoms with van der Waals surface area (Å²) in [7, 11) is 0. The smallest absolute Gasteiger partial charge is 0.239 e. The Morgan fingerprint density at radius 3 is 3.00 bits per heavy atom. The molecule has 2 heteroatoms. The Morgan fingerprint density at radius 1 is 1.47 bits per heavy atom. The molecular weight excluding hydrogens is 186 g/mol. The summed E-state index contributed by atoms with van der Waals surface area (Å²) in [5.41, 5.74) is 2.29. The zero-order chi connectivity index (χ0) is 10.9. The molecule has 1 aromatic carbocycles. The van der Waals surface area contributed by atoms with Crippen molar-refractivity contribution in [1.82, 2.24) is 0 Å². The van der Waals surface area contributed by atoms with Crippen molar-refractivity contribution in [3.63, 3.8) is 0 Å². The van der Waals surface area contributed by atoms with E-state index in [4.69, 9.17) is 11.3 Å². The van der Waals surface area contributed by atoms with E-state index in [0.29, 0.717) is 6.54 Å². The average Bonchev–Trinajstić information content (AvgIpc) is 2.18. The number of aryl methyl sites for hydroxylation is 1. The second-order valence-corrected chi connectivity index (χ2v) is 4.62. The van der Waals surface area contributed by atoms with Gasteiger partial charge in [-0.2, -0.15) is 0 Å². The zero-order valence-corrected chi connectivity index (χ0v) is 9.21. The van der Waals surface area contributed by atoms with Crippen LogP contribution < -0.4 is 4.74 Å². The molecular formula is C13H15NO. The number of benzene rings is 1. The minimum atomic E-state index is -0.0473. The lowest BCUT2D eigenvalue weighted by Gasteiger charge is -2.32. The number of ether oxygens (including phenoxy) is 1. The maximum Gasteiger partial charge on any atom is 0.239 e. The molecule has 2 rings (SSSR count). The van der Waals surface area contributed by atoms with Crippen molar-refractivity contribution in [2.24, 2.45) is 0 Å². The summed E-state index contributed by atoms with van der Waals surface area (Å²) in [6.45, 7) is 11.5. The van der Waals surface area contributed by atoms with Gasteiger partial charge in [-0.3, -0.25) is 0 Å². The topological polar surface area (TPSA) is 13.6 Å². The maximum absolute atomic E-state index is 6.84. The molecule has 0 unspecified atom stereocenters. The average molecular weight is 201 g/mol. The quantitative estimate of drug-likeness (QED) is 0.636. The first kappa shape index (κ1) is 10.0. The van der Waals surface area contributed by atoms with Crippen LogP contribution in [-0.4, -0.2) is 5.60 Å². The van der Waals surface area contributed by atoms with Crippen LogP contribution in [0.15, 0.2) is 18.2 Å². The summed E-state index contributed by atoms with van der Waals surface area (Å²) in [4.78, 5) is 3.39. The summed E-state index contributed by atoms with van der Waals surface area (Å²) in [6.07, 6.45) is 2.09. The standard InChI is InChI=1S/C13H15NO/c1-13(2)7-6-11-8-10(9-14-3)4-5-12(11)15-13/h4-5,8H,6-7,9H2,1-2H3. The summed E-state index contributed by atoms with van der Waals surface area (Å²) in [6, 6.07) is 6.08. The van der Waals surface area contributed by atoms with Gasteiger partial charge in [0, 0.05) is 5.56 Å². The van der Waals surface area contributed by atoms with E-state index in [1.54, 1.807) is 0 Å². The SMILES string of the molecule is [C-]#[N+]Cc1ccc2c(c1)CCC(C)(C)O2. The van der Waals surface area contributed by atoms with E-state index in [-0.39, 0.29) is 5.60 Å². The van der Waals surface area contributed by atoms with E-state index >= 15 is 0 Å². The highest BCUT2D eigenvalue weighted by molar-refractivity contribution is 5.39. The van der Waals surface area contributed by atoms with Gasteiger partial charge in [-0.05, 0) is 50.5 Å². The molecule has 2 nitrogen and oxygen atoms in total. The third kappa shape index (κ3) is 2.12. The van der Waals surface area contributed by atoms with Crippen molar-refractivity contribution in [2.45, 2.75) is 38.8 Å². The highest BCUT2D eigenvalue weighted by Gasteiger charge is 2.26. The van der Waals surface area contributed by atoms with E-state index in [0.717, 1.165) is 24.2 Å². The van der Waals surface area contributed by atoms with Crippen molar-refractivity contribution in [2.75, 3.05) is 0 Å². The fraction of sp³-hybridized carbons (Fsp3) is 0.462. The summed E-state index contributed by atoms with van der Waals surface area (Å²) in [5, 5.41) is 0. The summed E-state index contributed by atoms with van der Waals surface area (Å²) in [5.74, 6) is 0.986. The molecule has 1 heterocycles. The molecule has 0 fully saturated rings. The Labute approximate surface area is 90.7 Å². The van der Waals surface area contributed by atoms with Crippen LogP contribution in [0.2, 0.25) is 0 Å². The fourth-order valence-corrected chi connectivity index (χ4v) is 1.90. The molecule has 1 aliphatic rings. The molecule has 0 N–H and O–H groups in total. The fourth-order valence-electron chi connectivity index (χ4n) is 1.90. The molecule has 0 atom stereocenters. The van der Waals surface area contributed by atoms with Crippen molar-refractivity contribution < 1.29 is 4.74 Å². The van der Waals surface area contributed by atoms with Gasteiger partial charge in [-0.25, -0.2) is 6.57 Å². The number of fused-ring (bicyclic) bond motifs is 1. The number of nitrogens with zero attached hydrogens (tertiary/aromatic N) is 1. The molecule has 0 aliphatic carbocycles. The minimum Gasteiger partial charge on any atom is -0.488 e. The molecule has 0 aromatic heterocycles. The largest absolute Gasteiger partial charge is 0.488 e. The van der Waals surface area contributed by atoms with Crippen LogP contribution in [0.25, 0.3) is 4.85 Å². The predicted octanol–water partition coefficient (Wildman–Crippen LogP) is 3.21. The molecule has 0 bridgehead atoms. The van der Waals surface area contributed by atoms with Crippen LogP contribution in [0, 0.1) is 6.57 Å². The third-order valence-corrected chi connectivity index (χ3v) is 2.77. The molecule has 1 aliphatic heterocycles. The van der Waals surface area contributed by atoms with Gasteiger partial charge >= 0.3 is 0 Å². The van der Waals surface area contributed by atoms with Gasteiger partial charge in [0.05, 0.1) is 0 Å². The number of hydrogen-bond acceptors (Lipinski definition) is 1. The molecule has 78 valence electrons. The van der Waals surface area contributed by atoms with E-state index in [2.05, 4.69) is 24.8 Å². The minimum absolute atomic E-state index is 0.0473. The highest BCUT2D eigenvalue weighted by atomic mass is 16.5. The lowest BCUT2D eigenvalue weighted by Crippen LogP contribution is -2.32. The Bertz CT molecular complexity index is 415. The van der Waals surface area contributed by atoms with Crippen molar-refractivity contribution in [1.29, 1.82) is 0 Å². The first-order valence-electron chi connectivity index (χ1n) is 5.25. The van der Waals surface area contributed by atoms with E-state index in [1.165, 1.54) is 5.56 Å². The van der Waals surface area contributed by atoms with Crippen LogP contribution in [0.3, 0.4) is 0 Å². The van der Waals surface area contributed by atoms with E-state index in [9.17, 15) is 0 Å². The van der Waals surface area contributed by atoms with Gasteiger partial charge in [0.1, 0.15) is 11.4 Å². The lowest BCUT2D eigenvalue weighted by atomic mass is 9.93. The van der Waals surface area contributed by atoms with Crippen molar-refractivity contribution >= 4 is 0 Å². The zero-order valence-electron chi connectivity index (χ0n) is 9.21. The van der Waals surface area contributed by atoms with Gasteiger partial charge in [0.2, 0.25) is 6.54 Å². The van der Waals surface area contributed by atoms with Crippen LogP contribution in [0.4, 0.5) is 0 Å². The second-order valence-electron chi connectivity index (χ2n) is 4.62. The molecule has 0 saturated carbocycles. The van der Waals surface area contributed by atoms with Gasteiger partial charge in [0.25, 0.3) is 0 Å². The Hall–Kier alpha value is -1.49. The second kappa shape index (κ2) is 3.58. The van der Waals surface area contributed by atoms with E-state index in [1.807, 2.05) is 12.1 Å². The number of rotatable bonds is 1. The van der Waals surface area contributed by atoms with Crippen molar-refractivity contribution in [3.05, 3.63) is 40.7 Å². The summed E-state index contributed by atoms with van der Waals surface area (Å²) >= 11 is 0. The highest BCUT2D eigenvalue weighted by Crippen LogP contribution is 2.33. The molecule has 0 spiro atoms. The van der Waals surface area contributed by atoms with E-state index < -0.39 is 0 Å². The monoisotopic (exact) mass is 201 g/mol. The van der Waals surface area contributed by atoms with Gasteiger partial charge in [0.15, 0.2) is 0 Å². The Morgan fingerprint density at radius 2 is 2.27 bits per heavy atom. The van der Waals surface area contributed by atoms with Crippen LogP contribution in [-0.2, 0) is 13.0 Å². The normalized spacial score (nSPS) is 17.4. The Kier molecular flexibility index (Phi) is 2.40. The van der Waals surface area contributed by atoms with Gasteiger partial charge in [-0.15, -0.1) is 0 Å². The first-order valence-corrected chi connectivity index (χ1v) is 5.25. The molecule has 0 amide bonds. The van der Waals surface area contributed by atoms with Crippen LogP contribution in [0.1, 0.15) is 31.4 Å². The molecule has 1 aromatic rings. The maximum atomic E-state index is 6.84. The van der Waals surface area contributed by atoms with Crippen LogP contribution >= 0.6 is 0 Å². The molecule has 0 saturated heterocycles. The number of hydrogen-bond donors (Lipinski definition) is 0. The van der Waals surface area contributed by atoms with Gasteiger partial charge in [-0.1, -0.05) is 0 Å². The molecule has 0 radical (unpaired) electrons. The van der Waals surface area contributed by atoms with Gasteiger partial charge < -0.3 is 9.58 Å². The van der Waals surface area contributed by atoms with Crippen LogP contribution in [0.5, 0.6) is 5.75 Å². The predicted molar refractivity (Wildman–Crippen MR) is 59.8 cm³/mol. The lowest BCUT2D eigenvalue weighted by molar-refractivity contribution is 0.0846. The Balaban J connectivity index is 2.29. The third-order valence-electron chi connectivity index (χ3n) is 2.77.